The smallest absolute Gasteiger partial charge is 0.461 e. The summed E-state index contributed by atoms with van der Waals surface area (Å²) in [6, 6.07) is 0.0529. The van der Waals surface area contributed by atoms with Crippen LogP contribution < -0.4 is 0 Å². The number of carbonyl (C=O) groups excluding carboxylic acids is 1. The van der Waals surface area contributed by atoms with E-state index in [0.717, 1.165) is 0 Å². The summed E-state index contributed by atoms with van der Waals surface area (Å²) in [6.07, 6.45) is -6.96. The minimum absolute atomic E-state index is 0.0289. The van der Waals surface area contributed by atoms with Gasteiger partial charge in [-0.2, -0.15) is 30.7 Å². The van der Waals surface area contributed by atoms with Crippen LogP contribution in [0, 0.1) is 10.1 Å². The Morgan fingerprint density at radius 1 is 1.17 bits per heavy atom. The molecule has 0 N–H and O–H groups in total. The Kier molecular flexibility index (Phi) is 7.24. The zero-order valence-electron chi connectivity index (χ0n) is 14.4. The first-order valence-corrected chi connectivity index (χ1v) is 10.1. The van der Waals surface area contributed by atoms with E-state index < -0.39 is 70.1 Å². The summed E-state index contributed by atoms with van der Waals surface area (Å²) in [7, 11) is -9.37. The van der Waals surface area contributed by atoms with Crippen molar-refractivity contribution < 1.29 is 57.8 Å². The number of nitro groups is 1. The van der Waals surface area contributed by atoms with Gasteiger partial charge >= 0.3 is 23.3 Å². The predicted octanol–water partition coefficient (Wildman–Crippen LogP) is 2.83. The molecule has 1 aromatic rings. The summed E-state index contributed by atoms with van der Waals surface area (Å²) in [5.74, 6) is -9.10. The number of halogens is 7. The van der Waals surface area contributed by atoms with E-state index in [4.69, 9.17) is 0 Å². The van der Waals surface area contributed by atoms with Gasteiger partial charge in [0.05, 0.1) is 27.2 Å². The van der Waals surface area contributed by atoms with Crippen molar-refractivity contribution >= 4 is 32.3 Å². The molecular formula is C13H10F7NO7S2. The molecule has 0 amide bonds. The molecule has 0 saturated heterocycles. The molecular weight excluding hydrogens is 479 g/mol. The van der Waals surface area contributed by atoms with Gasteiger partial charge in [0, 0.05) is 6.07 Å². The Bertz CT molecular complexity index is 977. The van der Waals surface area contributed by atoms with Gasteiger partial charge in [-0.15, -0.1) is 0 Å². The number of ether oxygens (including phenoxy) is 1. The van der Waals surface area contributed by atoms with Crippen LogP contribution in [-0.2, 0) is 30.2 Å². The number of hydrogen-bond acceptors (Lipinski definition) is 7. The Morgan fingerprint density at radius 2 is 1.70 bits per heavy atom. The molecule has 1 aromatic carbocycles. The maximum absolute atomic E-state index is 13.7. The normalized spacial score (nSPS) is 14.3. The van der Waals surface area contributed by atoms with Crippen molar-refractivity contribution in [2.45, 2.75) is 34.1 Å². The second kappa shape index (κ2) is 8.44. The van der Waals surface area contributed by atoms with Crippen LogP contribution in [0.2, 0.25) is 0 Å². The largest absolute Gasteiger partial charge is 0.465 e. The fourth-order valence-electron chi connectivity index (χ4n) is 1.87. The standard InChI is InChI=1S/C13H10F7NO7S2/c1-2-28-10(22)6-29(25)9-4-3-7(5-8(9)21(23)24)30(26,27)13(19,20)11(14,15)12(16,17)18/h3-5H,2,6H2,1H3. The van der Waals surface area contributed by atoms with Crippen molar-refractivity contribution in [3.8, 4) is 0 Å². The molecule has 1 atom stereocenters. The fourth-order valence-corrected chi connectivity index (χ4v) is 4.17. The van der Waals surface area contributed by atoms with Crippen LogP contribution in [0.25, 0.3) is 0 Å². The lowest BCUT2D eigenvalue weighted by Gasteiger charge is -2.27. The minimum atomic E-state index is -7.03. The third kappa shape index (κ3) is 4.55. The first kappa shape index (κ1) is 25.7. The lowest BCUT2D eigenvalue weighted by molar-refractivity contribution is -0.388. The molecule has 17 heteroatoms. The van der Waals surface area contributed by atoms with Gasteiger partial charge in [0.15, 0.2) is 0 Å². The van der Waals surface area contributed by atoms with E-state index in [1.54, 1.807) is 0 Å². The second-order valence-corrected chi connectivity index (χ2v) is 8.68. The minimum Gasteiger partial charge on any atom is -0.465 e. The van der Waals surface area contributed by atoms with Gasteiger partial charge in [0.2, 0.25) is 0 Å². The van der Waals surface area contributed by atoms with Crippen LogP contribution in [0.5, 0.6) is 0 Å². The molecule has 0 saturated carbocycles. The van der Waals surface area contributed by atoms with Gasteiger partial charge in [-0.3, -0.25) is 19.1 Å². The van der Waals surface area contributed by atoms with Gasteiger partial charge < -0.3 is 4.74 Å². The van der Waals surface area contributed by atoms with Gasteiger partial charge in [0.1, 0.15) is 10.6 Å². The van der Waals surface area contributed by atoms with E-state index in [0.29, 0.717) is 0 Å². The molecule has 0 aliphatic heterocycles. The number of hydrogen-bond donors (Lipinski definition) is 0. The Labute approximate surface area is 165 Å². The van der Waals surface area contributed by atoms with Crippen LogP contribution in [0.3, 0.4) is 0 Å². The number of esters is 1. The van der Waals surface area contributed by atoms with E-state index in [9.17, 15) is 58.3 Å². The van der Waals surface area contributed by atoms with Crippen LogP contribution >= 0.6 is 0 Å². The zero-order chi connectivity index (χ0) is 23.7. The van der Waals surface area contributed by atoms with Crippen molar-refractivity contribution in [1.82, 2.24) is 0 Å². The first-order chi connectivity index (χ1) is 13.4. The molecule has 0 aromatic heterocycles. The number of alkyl halides is 7. The summed E-state index contributed by atoms with van der Waals surface area (Å²) < 4.78 is 130. The van der Waals surface area contributed by atoms with E-state index in [1.165, 1.54) is 6.92 Å². The van der Waals surface area contributed by atoms with Crippen molar-refractivity contribution in [2.75, 3.05) is 12.4 Å². The van der Waals surface area contributed by atoms with E-state index >= 15 is 0 Å². The molecule has 0 fully saturated rings. The van der Waals surface area contributed by atoms with E-state index in [-0.39, 0.29) is 24.8 Å². The maximum Gasteiger partial charge on any atom is 0.461 e. The molecule has 1 unspecified atom stereocenters. The summed E-state index contributed by atoms with van der Waals surface area (Å²) in [5.41, 5.74) is -1.47. The highest BCUT2D eigenvalue weighted by Gasteiger charge is 2.78. The second-order valence-electron chi connectivity index (χ2n) is 5.27. The van der Waals surface area contributed by atoms with Crippen LogP contribution in [0.15, 0.2) is 28.0 Å². The number of benzene rings is 1. The van der Waals surface area contributed by atoms with Gasteiger partial charge in [-0.1, -0.05) is 0 Å². The number of carbonyl (C=O) groups is 1. The topological polar surface area (TPSA) is 121 Å². The van der Waals surface area contributed by atoms with Gasteiger partial charge in [0.25, 0.3) is 15.5 Å². The number of rotatable bonds is 8. The van der Waals surface area contributed by atoms with Gasteiger partial charge in [-0.25, -0.2) is 8.42 Å². The lowest BCUT2D eigenvalue weighted by Crippen LogP contribution is -2.55. The van der Waals surface area contributed by atoms with Gasteiger partial charge in [-0.05, 0) is 19.1 Å². The quantitative estimate of drug-likeness (QED) is 0.238. The maximum atomic E-state index is 13.7. The number of nitro benzene ring substituents is 1. The first-order valence-electron chi connectivity index (χ1n) is 7.31. The summed E-state index contributed by atoms with van der Waals surface area (Å²) in [4.78, 5) is 18.1. The highest BCUT2D eigenvalue weighted by Crippen LogP contribution is 2.51. The zero-order valence-corrected chi connectivity index (χ0v) is 16.0. The van der Waals surface area contributed by atoms with Crippen molar-refractivity contribution in [3.63, 3.8) is 0 Å². The Morgan fingerprint density at radius 3 is 2.13 bits per heavy atom. The molecule has 0 aliphatic carbocycles. The summed E-state index contributed by atoms with van der Waals surface area (Å²) in [5, 5.41) is 4.34. The average molecular weight is 489 g/mol. The van der Waals surface area contributed by atoms with Crippen LogP contribution in [0.1, 0.15) is 6.92 Å². The average Bonchev–Trinajstić information content (AvgIpc) is 2.59. The molecule has 8 nitrogen and oxygen atoms in total. The predicted molar refractivity (Wildman–Crippen MR) is 84.1 cm³/mol. The number of nitrogens with zero attached hydrogens (tertiary/aromatic N) is 1. The number of sulfone groups is 1. The Hall–Kier alpha value is -2.30. The Balaban J connectivity index is 3.55. The lowest BCUT2D eigenvalue weighted by atomic mass is 10.3. The molecule has 30 heavy (non-hydrogen) atoms. The third-order valence-corrected chi connectivity index (χ3v) is 6.44. The third-order valence-electron chi connectivity index (χ3n) is 3.30. The highest BCUT2D eigenvalue weighted by molar-refractivity contribution is 7.92. The molecule has 0 heterocycles. The summed E-state index contributed by atoms with van der Waals surface area (Å²) in [6.45, 7) is 1.22. The molecule has 1 rings (SSSR count). The molecule has 0 spiro atoms. The van der Waals surface area contributed by atoms with Crippen molar-refractivity contribution in [2.24, 2.45) is 0 Å². The van der Waals surface area contributed by atoms with Crippen LogP contribution in [-0.4, -0.2) is 53.2 Å². The molecule has 170 valence electrons. The molecule has 0 radical (unpaired) electrons. The van der Waals surface area contributed by atoms with Crippen molar-refractivity contribution in [1.29, 1.82) is 0 Å². The SMILES string of the molecule is CCOC(=O)CS(=O)c1ccc(S(=O)(=O)C(F)(F)C(F)(F)C(F)(F)F)cc1[N+](=O)[O-]. The highest BCUT2D eigenvalue weighted by atomic mass is 32.2. The van der Waals surface area contributed by atoms with E-state index in [2.05, 4.69) is 4.74 Å². The molecule has 0 bridgehead atoms. The van der Waals surface area contributed by atoms with Crippen molar-refractivity contribution in [3.05, 3.63) is 28.3 Å². The summed E-state index contributed by atoms with van der Waals surface area (Å²) >= 11 is 0. The van der Waals surface area contributed by atoms with E-state index in [1.807, 2.05) is 0 Å². The molecule has 0 aliphatic rings. The monoisotopic (exact) mass is 489 g/mol. The fraction of sp³-hybridized carbons (Fsp3) is 0.462. The van der Waals surface area contributed by atoms with Crippen LogP contribution in [0.4, 0.5) is 36.4 Å².